The summed E-state index contributed by atoms with van der Waals surface area (Å²) < 4.78 is 3.10. The summed E-state index contributed by atoms with van der Waals surface area (Å²) in [7, 11) is 0. The second-order valence-electron chi connectivity index (χ2n) is 5.59. The number of carbonyl (C=O) groups is 1. The molecule has 0 spiro atoms. The highest BCUT2D eigenvalue weighted by Crippen LogP contribution is 2.37. The summed E-state index contributed by atoms with van der Waals surface area (Å²) in [6.45, 7) is 2.95. The van der Waals surface area contributed by atoms with Gasteiger partial charge in [0.15, 0.2) is 0 Å². The molecule has 1 aromatic rings. The smallest absolute Gasteiger partial charge is 0.267 e. The van der Waals surface area contributed by atoms with Gasteiger partial charge in [-0.05, 0) is 66.7 Å². The zero-order valence-corrected chi connectivity index (χ0v) is 12.6. The number of amides is 1. The number of aromatic nitrogens is 1. The van der Waals surface area contributed by atoms with Crippen molar-refractivity contribution in [3.05, 3.63) is 22.4 Å². The molecule has 4 nitrogen and oxygen atoms in total. The molecule has 2 aliphatic rings. The van der Waals surface area contributed by atoms with Gasteiger partial charge in [0.1, 0.15) is 5.69 Å². The minimum atomic E-state index is 0.0659. The summed E-state index contributed by atoms with van der Waals surface area (Å²) in [6, 6.07) is 2.46. The molecule has 0 atom stereocenters. The van der Waals surface area contributed by atoms with Crippen molar-refractivity contribution in [1.29, 1.82) is 0 Å². The third kappa shape index (κ3) is 3.20. The Hall–Kier alpha value is -0.810. The van der Waals surface area contributed by atoms with E-state index in [9.17, 15) is 4.79 Å². The lowest BCUT2D eigenvalue weighted by Gasteiger charge is -2.22. The molecule has 0 unspecified atom stereocenters. The molecule has 1 saturated carbocycles. The van der Waals surface area contributed by atoms with Crippen LogP contribution in [0.1, 0.15) is 42.2 Å². The Kier molecular flexibility index (Phi) is 3.93. The third-order valence-corrected chi connectivity index (χ3v) is 4.43. The van der Waals surface area contributed by atoms with E-state index in [1.807, 2.05) is 12.3 Å². The summed E-state index contributed by atoms with van der Waals surface area (Å²) >= 11 is 3.47. The quantitative estimate of drug-likeness (QED) is 0.892. The van der Waals surface area contributed by atoms with Gasteiger partial charge in [0.05, 0.1) is 0 Å². The van der Waals surface area contributed by atoms with E-state index in [1.54, 1.807) is 0 Å². The summed E-state index contributed by atoms with van der Waals surface area (Å²) in [5.41, 5.74) is 0.795. The van der Waals surface area contributed by atoms with Crippen molar-refractivity contribution >= 4 is 21.8 Å². The maximum absolute atomic E-state index is 12.3. The molecular formula is C14H20BrN3O. The molecule has 1 aliphatic heterocycles. The van der Waals surface area contributed by atoms with E-state index in [-0.39, 0.29) is 5.91 Å². The van der Waals surface area contributed by atoms with Crippen LogP contribution in [0, 0.1) is 5.92 Å². The van der Waals surface area contributed by atoms with Gasteiger partial charge in [0.25, 0.3) is 5.91 Å². The van der Waals surface area contributed by atoms with Crippen LogP contribution >= 0.6 is 15.9 Å². The molecule has 104 valence electrons. The number of carbonyl (C=O) groups excluding carboxylic acids is 1. The van der Waals surface area contributed by atoms with Crippen LogP contribution in [-0.4, -0.2) is 30.1 Å². The first-order chi connectivity index (χ1) is 9.24. The van der Waals surface area contributed by atoms with E-state index >= 15 is 0 Å². The van der Waals surface area contributed by atoms with Gasteiger partial charge < -0.3 is 15.2 Å². The second kappa shape index (κ2) is 5.67. The Morgan fingerprint density at radius 3 is 2.79 bits per heavy atom. The Morgan fingerprint density at radius 1 is 1.37 bits per heavy atom. The largest absolute Gasteiger partial charge is 0.350 e. The first kappa shape index (κ1) is 13.2. The average molecular weight is 326 g/mol. The first-order valence-electron chi connectivity index (χ1n) is 7.10. The van der Waals surface area contributed by atoms with Gasteiger partial charge >= 0.3 is 0 Å². The Labute approximate surface area is 122 Å². The van der Waals surface area contributed by atoms with Crippen LogP contribution in [0.3, 0.4) is 0 Å². The van der Waals surface area contributed by atoms with E-state index in [4.69, 9.17) is 0 Å². The minimum Gasteiger partial charge on any atom is -0.350 e. The Bertz CT molecular complexity index is 461. The second-order valence-corrected chi connectivity index (χ2v) is 6.50. The molecule has 19 heavy (non-hydrogen) atoms. The summed E-state index contributed by atoms with van der Waals surface area (Å²) in [4.78, 5) is 12.3. The fourth-order valence-corrected chi connectivity index (χ4v) is 3.13. The number of piperidine rings is 1. The molecule has 2 N–H and O–H groups in total. The van der Waals surface area contributed by atoms with Crippen molar-refractivity contribution in [1.82, 2.24) is 15.2 Å². The van der Waals surface area contributed by atoms with Crippen molar-refractivity contribution in [2.24, 2.45) is 5.92 Å². The zero-order chi connectivity index (χ0) is 13.2. The van der Waals surface area contributed by atoms with Gasteiger partial charge in [-0.1, -0.05) is 0 Å². The molecule has 1 saturated heterocycles. The van der Waals surface area contributed by atoms with Gasteiger partial charge in [0.2, 0.25) is 0 Å². The van der Waals surface area contributed by atoms with Gasteiger partial charge in [0, 0.05) is 23.3 Å². The number of nitrogens with zero attached hydrogens (tertiary/aromatic N) is 1. The fourth-order valence-electron chi connectivity index (χ4n) is 2.70. The molecule has 3 rings (SSSR count). The van der Waals surface area contributed by atoms with Crippen LogP contribution in [0.2, 0.25) is 0 Å². The summed E-state index contributed by atoms with van der Waals surface area (Å²) in [5.74, 6) is 0.689. The molecule has 0 bridgehead atoms. The number of halogens is 1. The predicted molar refractivity (Wildman–Crippen MR) is 78.3 cm³/mol. The van der Waals surface area contributed by atoms with Crippen molar-refractivity contribution in [3.8, 4) is 0 Å². The molecule has 2 fully saturated rings. The van der Waals surface area contributed by atoms with E-state index < -0.39 is 0 Å². The molecule has 1 amide bonds. The monoisotopic (exact) mass is 325 g/mol. The average Bonchev–Trinajstić information content (AvgIpc) is 3.20. The molecule has 0 radical (unpaired) electrons. The molecule has 2 heterocycles. The van der Waals surface area contributed by atoms with E-state index in [0.717, 1.165) is 42.6 Å². The maximum Gasteiger partial charge on any atom is 0.267 e. The number of hydrogen-bond donors (Lipinski definition) is 2. The van der Waals surface area contributed by atoms with Crippen molar-refractivity contribution in [2.75, 3.05) is 19.6 Å². The summed E-state index contributed by atoms with van der Waals surface area (Å²) in [5, 5.41) is 6.44. The zero-order valence-electron chi connectivity index (χ0n) is 11.0. The number of rotatable bonds is 4. The molecule has 5 heteroatoms. The van der Waals surface area contributed by atoms with Crippen LogP contribution in [-0.2, 0) is 0 Å². The van der Waals surface area contributed by atoms with Crippen LogP contribution in [0.5, 0.6) is 0 Å². The normalized spacial score (nSPS) is 20.5. The lowest BCUT2D eigenvalue weighted by molar-refractivity contribution is 0.0934. The van der Waals surface area contributed by atoms with Crippen molar-refractivity contribution in [3.63, 3.8) is 0 Å². The number of nitrogens with one attached hydrogen (secondary N) is 2. The molecule has 1 aromatic heterocycles. The third-order valence-electron chi connectivity index (χ3n) is 4.00. The van der Waals surface area contributed by atoms with Gasteiger partial charge in [-0.3, -0.25) is 4.79 Å². The Morgan fingerprint density at radius 2 is 2.11 bits per heavy atom. The van der Waals surface area contributed by atoms with Crippen molar-refractivity contribution < 1.29 is 4.79 Å². The molecular weight excluding hydrogens is 306 g/mol. The minimum absolute atomic E-state index is 0.0659. The highest BCUT2D eigenvalue weighted by Gasteiger charge is 2.27. The molecule has 0 aromatic carbocycles. The van der Waals surface area contributed by atoms with Crippen LogP contribution < -0.4 is 10.6 Å². The van der Waals surface area contributed by atoms with E-state index in [1.165, 1.54) is 12.8 Å². The van der Waals surface area contributed by atoms with Gasteiger partial charge in [-0.2, -0.15) is 0 Å². The van der Waals surface area contributed by atoms with Crippen LogP contribution in [0.25, 0.3) is 0 Å². The van der Waals surface area contributed by atoms with Crippen molar-refractivity contribution in [2.45, 2.75) is 31.7 Å². The molecule has 1 aliphatic carbocycles. The predicted octanol–water partition coefficient (Wildman–Crippen LogP) is 2.31. The fraction of sp³-hybridized carbons (Fsp3) is 0.643. The summed E-state index contributed by atoms with van der Waals surface area (Å²) in [6.07, 6.45) is 6.73. The van der Waals surface area contributed by atoms with Crippen LogP contribution in [0.4, 0.5) is 0 Å². The standard InChI is InChI=1S/C14H20BrN3O/c15-11-7-13(18(9-11)12-1-2-12)14(19)17-8-10-3-5-16-6-4-10/h7,9-10,12,16H,1-6,8H2,(H,17,19). The van der Waals surface area contributed by atoms with Gasteiger partial charge in [-0.25, -0.2) is 0 Å². The maximum atomic E-state index is 12.3. The van der Waals surface area contributed by atoms with Crippen LogP contribution in [0.15, 0.2) is 16.7 Å². The van der Waals surface area contributed by atoms with E-state index in [2.05, 4.69) is 31.1 Å². The highest BCUT2D eigenvalue weighted by atomic mass is 79.9. The lowest BCUT2D eigenvalue weighted by atomic mass is 9.98. The SMILES string of the molecule is O=C(NCC1CCNCC1)c1cc(Br)cn1C1CC1. The first-order valence-corrected chi connectivity index (χ1v) is 7.89. The number of hydrogen-bond acceptors (Lipinski definition) is 2. The topological polar surface area (TPSA) is 46.1 Å². The van der Waals surface area contributed by atoms with Gasteiger partial charge in [-0.15, -0.1) is 0 Å². The highest BCUT2D eigenvalue weighted by molar-refractivity contribution is 9.10. The van der Waals surface area contributed by atoms with E-state index in [0.29, 0.717) is 12.0 Å². The Balaban J connectivity index is 1.60. The lowest BCUT2D eigenvalue weighted by Crippen LogP contribution is -2.36.